The predicted molar refractivity (Wildman–Crippen MR) is 31.0 cm³/mol. The van der Waals surface area contributed by atoms with Crippen LogP contribution in [0.1, 0.15) is 13.8 Å². The summed E-state index contributed by atoms with van der Waals surface area (Å²) in [6.07, 6.45) is 2.50. The van der Waals surface area contributed by atoms with E-state index in [4.69, 9.17) is 0 Å². The van der Waals surface area contributed by atoms with E-state index in [-0.39, 0.29) is 5.92 Å². The summed E-state index contributed by atoms with van der Waals surface area (Å²) in [5.41, 5.74) is 0. The summed E-state index contributed by atoms with van der Waals surface area (Å²) in [5.74, 6) is 0.264. The van der Waals surface area contributed by atoms with E-state index in [9.17, 15) is 10.1 Å². The number of rotatable bonds is 2. The van der Waals surface area contributed by atoms with Crippen LogP contribution < -0.4 is 0 Å². The third-order valence-electron chi connectivity index (χ3n) is 0.593. The first-order valence-corrected chi connectivity index (χ1v) is 2.44. The van der Waals surface area contributed by atoms with Crippen molar-refractivity contribution in [2.75, 3.05) is 0 Å². The fourth-order valence-electron chi connectivity index (χ4n) is 0.242. The normalized spacial score (nSPS) is 10.9. The van der Waals surface area contributed by atoms with E-state index in [1.54, 1.807) is 6.08 Å². The zero-order valence-corrected chi connectivity index (χ0v) is 5.00. The Hall–Kier alpha value is -0.860. The van der Waals surface area contributed by atoms with E-state index in [1.165, 1.54) is 0 Å². The molecule has 0 aliphatic heterocycles. The summed E-state index contributed by atoms with van der Waals surface area (Å²) in [6.45, 7) is 3.78. The Kier molecular flexibility index (Phi) is 2.84. The first-order chi connectivity index (χ1) is 3.63. The first-order valence-electron chi connectivity index (χ1n) is 2.44. The second-order valence-corrected chi connectivity index (χ2v) is 1.87. The van der Waals surface area contributed by atoms with E-state index in [1.807, 2.05) is 13.8 Å². The Bertz CT molecular complexity index is 107. The van der Waals surface area contributed by atoms with Gasteiger partial charge in [0.05, 0.1) is 4.92 Å². The summed E-state index contributed by atoms with van der Waals surface area (Å²) in [7, 11) is 0. The minimum atomic E-state index is -0.458. The minimum absolute atomic E-state index is 0.264. The summed E-state index contributed by atoms with van der Waals surface area (Å²) in [4.78, 5) is 9.16. The molecular formula is C5H9NO2. The maximum absolute atomic E-state index is 9.62. The molecule has 0 fully saturated rings. The van der Waals surface area contributed by atoms with Crippen LogP contribution in [0.3, 0.4) is 0 Å². The van der Waals surface area contributed by atoms with Gasteiger partial charge in [-0.25, -0.2) is 0 Å². The molecule has 0 aliphatic carbocycles. The van der Waals surface area contributed by atoms with Crippen molar-refractivity contribution in [1.29, 1.82) is 0 Å². The number of hydrogen-bond donors (Lipinski definition) is 0. The molecule has 0 saturated heterocycles. The second-order valence-electron chi connectivity index (χ2n) is 1.87. The quantitative estimate of drug-likeness (QED) is 0.403. The van der Waals surface area contributed by atoms with Gasteiger partial charge in [0.2, 0.25) is 6.20 Å². The predicted octanol–water partition coefficient (Wildman–Crippen LogP) is 1.43. The van der Waals surface area contributed by atoms with Crippen molar-refractivity contribution in [2.24, 2.45) is 5.92 Å². The van der Waals surface area contributed by atoms with E-state index >= 15 is 0 Å². The van der Waals surface area contributed by atoms with Gasteiger partial charge in [0, 0.05) is 0 Å². The van der Waals surface area contributed by atoms with Gasteiger partial charge < -0.3 is 0 Å². The van der Waals surface area contributed by atoms with Crippen LogP contribution in [0.15, 0.2) is 12.3 Å². The molecule has 8 heavy (non-hydrogen) atoms. The summed E-state index contributed by atoms with van der Waals surface area (Å²) >= 11 is 0. The van der Waals surface area contributed by atoms with E-state index < -0.39 is 4.92 Å². The summed E-state index contributed by atoms with van der Waals surface area (Å²) in [6, 6.07) is 0. The largest absolute Gasteiger partial charge is 0.259 e. The SMILES string of the molecule is CC(C)C=C[N+](=O)[O-]. The third-order valence-corrected chi connectivity index (χ3v) is 0.593. The van der Waals surface area contributed by atoms with Gasteiger partial charge in [-0.1, -0.05) is 13.8 Å². The van der Waals surface area contributed by atoms with Crippen LogP contribution in [-0.4, -0.2) is 4.92 Å². The van der Waals surface area contributed by atoms with Crippen molar-refractivity contribution in [3.63, 3.8) is 0 Å². The molecule has 0 radical (unpaired) electrons. The molecule has 0 heterocycles. The molecular weight excluding hydrogens is 106 g/mol. The number of allylic oxidation sites excluding steroid dienone is 1. The van der Waals surface area contributed by atoms with E-state index in [0.29, 0.717) is 0 Å². The summed E-state index contributed by atoms with van der Waals surface area (Å²) in [5, 5.41) is 9.62. The molecule has 0 saturated carbocycles. The molecule has 3 heteroatoms. The molecule has 0 aliphatic rings. The van der Waals surface area contributed by atoms with Crippen LogP contribution in [0.25, 0.3) is 0 Å². The van der Waals surface area contributed by atoms with Crippen molar-refractivity contribution in [3.8, 4) is 0 Å². The van der Waals surface area contributed by atoms with Crippen LogP contribution in [0.4, 0.5) is 0 Å². The van der Waals surface area contributed by atoms with E-state index in [2.05, 4.69) is 0 Å². The monoisotopic (exact) mass is 115 g/mol. The standard InChI is InChI=1S/C5H9NO2/c1-5(2)3-4-6(7)8/h3-5H,1-2H3. The minimum Gasteiger partial charge on any atom is -0.259 e. The zero-order chi connectivity index (χ0) is 6.57. The van der Waals surface area contributed by atoms with Crippen molar-refractivity contribution in [1.82, 2.24) is 0 Å². The van der Waals surface area contributed by atoms with Crippen molar-refractivity contribution in [3.05, 3.63) is 22.4 Å². The molecule has 0 rings (SSSR count). The lowest BCUT2D eigenvalue weighted by Crippen LogP contribution is -1.85. The highest BCUT2D eigenvalue weighted by molar-refractivity contribution is 4.75. The maximum atomic E-state index is 9.62. The number of nitrogens with zero attached hydrogens (tertiary/aromatic N) is 1. The highest BCUT2D eigenvalue weighted by Gasteiger charge is 1.87. The Morgan fingerprint density at radius 1 is 1.62 bits per heavy atom. The van der Waals surface area contributed by atoms with Crippen LogP contribution in [0.2, 0.25) is 0 Å². The highest BCUT2D eigenvalue weighted by Crippen LogP contribution is 1.91. The molecule has 0 bridgehead atoms. The van der Waals surface area contributed by atoms with Gasteiger partial charge in [-0.3, -0.25) is 10.1 Å². The maximum Gasteiger partial charge on any atom is 0.230 e. The third kappa shape index (κ3) is 5.14. The molecule has 0 unspecified atom stereocenters. The van der Waals surface area contributed by atoms with Gasteiger partial charge >= 0.3 is 0 Å². The van der Waals surface area contributed by atoms with E-state index in [0.717, 1.165) is 6.20 Å². The number of nitro groups is 1. The smallest absolute Gasteiger partial charge is 0.230 e. The van der Waals surface area contributed by atoms with Gasteiger partial charge in [-0.15, -0.1) is 0 Å². The van der Waals surface area contributed by atoms with Crippen LogP contribution in [-0.2, 0) is 0 Å². The lowest BCUT2D eigenvalue weighted by Gasteiger charge is -1.86. The Morgan fingerprint density at radius 2 is 2.12 bits per heavy atom. The first kappa shape index (κ1) is 7.14. The second kappa shape index (κ2) is 3.18. The van der Waals surface area contributed by atoms with Crippen LogP contribution >= 0.6 is 0 Å². The van der Waals surface area contributed by atoms with Crippen molar-refractivity contribution >= 4 is 0 Å². The fraction of sp³-hybridized carbons (Fsp3) is 0.600. The topological polar surface area (TPSA) is 43.1 Å². The fourth-order valence-corrected chi connectivity index (χ4v) is 0.242. The Morgan fingerprint density at radius 3 is 2.25 bits per heavy atom. The van der Waals surface area contributed by atoms with Gasteiger partial charge in [0.15, 0.2) is 0 Å². The molecule has 0 aromatic rings. The molecule has 0 aromatic heterocycles. The molecule has 0 spiro atoms. The molecule has 0 atom stereocenters. The molecule has 46 valence electrons. The lowest BCUT2D eigenvalue weighted by molar-refractivity contribution is -0.402. The average Bonchev–Trinajstić information content (AvgIpc) is 1.61. The van der Waals surface area contributed by atoms with Gasteiger partial charge in [-0.05, 0) is 12.0 Å². The number of hydrogen-bond acceptors (Lipinski definition) is 2. The molecule has 0 amide bonds. The summed E-state index contributed by atoms with van der Waals surface area (Å²) < 4.78 is 0. The van der Waals surface area contributed by atoms with Crippen molar-refractivity contribution in [2.45, 2.75) is 13.8 Å². The van der Waals surface area contributed by atoms with Gasteiger partial charge in [-0.2, -0.15) is 0 Å². The van der Waals surface area contributed by atoms with Crippen molar-refractivity contribution < 1.29 is 4.92 Å². The zero-order valence-electron chi connectivity index (χ0n) is 5.00. The molecule has 0 N–H and O–H groups in total. The average molecular weight is 115 g/mol. The van der Waals surface area contributed by atoms with Crippen LogP contribution in [0.5, 0.6) is 0 Å². The van der Waals surface area contributed by atoms with Gasteiger partial charge in [0.1, 0.15) is 0 Å². The van der Waals surface area contributed by atoms with Crippen LogP contribution in [0, 0.1) is 16.0 Å². The Balaban J connectivity index is 3.50. The molecule has 3 nitrogen and oxygen atoms in total. The molecule has 0 aromatic carbocycles. The lowest BCUT2D eigenvalue weighted by atomic mass is 10.2. The Labute approximate surface area is 48.2 Å². The highest BCUT2D eigenvalue weighted by atomic mass is 16.6. The van der Waals surface area contributed by atoms with Gasteiger partial charge in [0.25, 0.3) is 0 Å².